The topological polar surface area (TPSA) is 30.3 Å². The molecule has 4 nitrogen and oxygen atoms in total. The van der Waals surface area contributed by atoms with Crippen LogP contribution in [0.3, 0.4) is 0 Å². The highest BCUT2D eigenvalue weighted by molar-refractivity contribution is 4.75. The number of aryl methyl sites for hydroxylation is 1. The summed E-state index contributed by atoms with van der Waals surface area (Å²) in [5.41, 5.74) is 0. The first-order valence-electron chi connectivity index (χ1n) is 4.92. The standard InChI is InChI=1S/C6H13NO.C4H6N2/c1-6-5-7(2)3-4-8-6;1-6-4-2-3-5-6/h6H,3-5H2,1-2H3;2-4H,1H3/t6-;/m1./s1. The minimum absolute atomic E-state index is 0.439. The molecule has 1 aliphatic heterocycles. The summed E-state index contributed by atoms with van der Waals surface area (Å²) < 4.78 is 7.06. The Morgan fingerprint density at radius 3 is 2.50 bits per heavy atom. The maximum Gasteiger partial charge on any atom is 0.0674 e. The molecule has 80 valence electrons. The van der Waals surface area contributed by atoms with Crippen molar-refractivity contribution in [2.24, 2.45) is 7.05 Å². The molecule has 0 N–H and O–H groups in total. The number of ether oxygens (including phenoxy) is 1. The van der Waals surface area contributed by atoms with Gasteiger partial charge in [-0.05, 0) is 20.0 Å². The zero-order valence-electron chi connectivity index (χ0n) is 9.18. The Morgan fingerprint density at radius 2 is 2.21 bits per heavy atom. The summed E-state index contributed by atoms with van der Waals surface area (Å²) in [6, 6.07) is 1.89. The lowest BCUT2D eigenvalue weighted by Gasteiger charge is -2.27. The molecular formula is C10H19N3O. The molecule has 4 heteroatoms. The molecule has 2 rings (SSSR count). The highest BCUT2D eigenvalue weighted by Crippen LogP contribution is 1.99. The number of hydrogen-bond donors (Lipinski definition) is 0. The summed E-state index contributed by atoms with van der Waals surface area (Å²) in [4.78, 5) is 2.29. The first-order chi connectivity index (χ1) is 6.68. The molecule has 0 unspecified atom stereocenters. The Morgan fingerprint density at radius 1 is 1.43 bits per heavy atom. The van der Waals surface area contributed by atoms with E-state index in [2.05, 4.69) is 24.0 Å². The molecule has 0 radical (unpaired) electrons. The maximum atomic E-state index is 5.31. The van der Waals surface area contributed by atoms with Gasteiger partial charge in [0.05, 0.1) is 12.7 Å². The van der Waals surface area contributed by atoms with Crippen molar-refractivity contribution in [3.63, 3.8) is 0 Å². The van der Waals surface area contributed by atoms with Gasteiger partial charge in [0, 0.05) is 32.5 Å². The van der Waals surface area contributed by atoms with Crippen LogP contribution in [0, 0.1) is 0 Å². The van der Waals surface area contributed by atoms with Crippen molar-refractivity contribution in [3.8, 4) is 0 Å². The fourth-order valence-corrected chi connectivity index (χ4v) is 1.34. The van der Waals surface area contributed by atoms with Crippen LogP contribution in [-0.2, 0) is 11.8 Å². The van der Waals surface area contributed by atoms with Gasteiger partial charge in [0.1, 0.15) is 0 Å². The van der Waals surface area contributed by atoms with Gasteiger partial charge >= 0.3 is 0 Å². The normalized spacial score (nSPS) is 22.6. The third-order valence-corrected chi connectivity index (χ3v) is 2.08. The van der Waals surface area contributed by atoms with Gasteiger partial charge in [0.15, 0.2) is 0 Å². The zero-order chi connectivity index (χ0) is 10.4. The van der Waals surface area contributed by atoms with Crippen LogP contribution in [0.2, 0.25) is 0 Å². The van der Waals surface area contributed by atoms with Crippen LogP contribution in [0.1, 0.15) is 6.92 Å². The second kappa shape index (κ2) is 5.78. The summed E-state index contributed by atoms with van der Waals surface area (Å²) in [5, 5.41) is 3.83. The average molecular weight is 197 g/mol. The molecule has 1 saturated heterocycles. The fourth-order valence-electron chi connectivity index (χ4n) is 1.34. The number of morpholine rings is 1. The van der Waals surface area contributed by atoms with Crippen molar-refractivity contribution >= 4 is 0 Å². The molecule has 1 aromatic heterocycles. The molecule has 14 heavy (non-hydrogen) atoms. The lowest BCUT2D eigenvalue weighted by molar-refractivity contribution is -0.00861. The lowest BCUT2D eigenvalue weighted by Crippen LogP contribution is -2.38. The molecular weight excluding hydrogens is 178 g/mol. The van der Waals surface area contributed by atoms with Gasteiger partial charge in [-0.15, -0.1) is 0 Å². The van der Waals surface area contributed by atoms with Gasteiger partial charge < -0.3 is 9.64 Å². The van der Waals surface area contributed by atoms with Crippen molar-refractivity contribution < 1.29 is 4.74 Å². The summed E-state index contributed by atoms with van der Waals surface area (Å²) in [5.74, 6) is 0. The summed E-state index contributed by atoms with van der Waals surface area (Å²) in [6.07, 6.45) is 4.08. The smallest absolute Gasteiger partial charge is 0.0674 e. The third-order valence-electron chi connectivity index (χ3n) is 2.08. The van der Waals surface area contributed by atoms with E-state index in [4.69, 9.17) is 4.74 Å². The Labute approximate surface area is 85.5 Å². The molecule has 0 spiro atoms. The summed E-state index contributed by atoms with van der Waals surface area (Å²) in [6.45, 7) is 5.18. The van der Waals surface area contributed by atoms with Crippen molar-refractivity contribution in [1.82, 2.24) is 14.7 Å². The van der Waals surface area contributed by atoms with Crippen molar-refractivity contribution in [1.29, 1.82) is 0 Å². The van der Waals surface area contributed by atoms with E-state index in [9.17, 15) is 0 Å². The summed E-state index contributed by atoms with van der Waals surface area (Å²) in [7, 11) is 4.01. The minimum atomic E-state index is 0.439. The minimum Gasteiger partial charge on any atom is -0.376 e. The van der Waals surface area contributed by atoms with E-state index in [1.54, 1.807) is 10.9 Å². The molecule has 0 amide bonds. The number of likely N-dealkylation sites (N-methyl/N-ethyl adjacent to an activating group) is 1. The second-order valence-corrected chi connectivity index (χ2v) is 3.62. The molecule has 0 bridgehead atoms. The molecule has 2 heterocycles. The van der Waals surface area contributed by atoms with Crippen LogP contribution in [0.4, 0.5) is 0 Å². The van der Waals surface area contributed by atoms with Gasteiger partial charge in [0.2, 0.25) is 0 Å². The first kappa shape index (κ1) is 11.2. The molecule has 1 aromatic rings. The predicted molar refractivity (Wildman–Crippen MR) is 56.1 cm³/mol. The van der Waals surface area contributed by atoms with Crippen LogP contribution < -0.4 is 0 Å². The number of aromatic nitrogens is 2. The van der Waals surface area contributed by atoms with Gasteiger partial charge in [-0.1, -0.05) is 0 Å². The molecule has 0 aromatic carbocycles. The predicted octanol–water partition coefficient (Wildman–Crippen LogP) is 0.757. The first-order valence-corrected chi connectivity index (χ1v) is 4.92. The molecule has 1 atom stereocenters. The lowest BCUT2D eigenvalue weighted by atomic mass is 10.3. The quantitative estimate of drug-likeness (QED) is 0.615. The monoisotopic (exact) mass is 197 g/mol. The van der Waals surface area contributed by atoms with E-state index in [0.717, 1.165) is 19.7 Å². The van der Waals surface area contributed by atoms with Crippen LogP contribution in [0.5, 0.6) is 0 Å². The van der Waals surface area contributed by atoms with Crippen LogP contribution in [-0.4, -0.2) is 47.5 Å². The molecule has 0 saturated carbocycles. The van der Waals surface area contributed by atoms with Crippen molar-refractivity contribution in [2.75, 3.05) is 26.7 Å². The van der Waals surface area contributed by atoms with E-state index < -0.39 is 0 Å². The third kappa shape index (κ3) is 4.39. The van der Waals surface area contributed by atoms with Crippen LogP contribution >= 0.6 is 0 Å². The van der Waals surface area contributed by atoms with Gasteiger partial charge in [-0.3, -0.25) is 4.68 Å². The highest BCUT2D eigenvalue weighted by Gasteiger charge is 2.11. The van der Waals surface area contributed by atoms with E-state index in [1.165, 1.54) is 0 Å². The largest absolute Gasteiger partial charge is 0.376 e. The zero-order valence-corrected chi connectivity index (χ0v) is 9.18. The highest BCUT2D eigenvalue weighted by atomic mass is 16.5. The van der Waals surface area contributed by atoms with E-state index in [-0.39, 0.29) is 0 Å². The van der Waals surface area contributed by atoms with E-state index >= 15 is 0 Å². The van der Waals surface area contributed by atoms with E-state index in [1.807, 2.05) is 19.3 Å². The Balaban J connectivity index is 0.000000146. The Kier molecular flexibility index (Phi) is 4.62. The average Bonchev–Trinajstić information content (AvgIpc) is 2.56. The number of rotatable bonds is 0. The van der Waals surface area contributed by atoms with E-state index in [0.29, 0.717) is 6.10 Å². The van der Waals surface area contributed by atoms with Crippen molar-refractivity contribution in [2.45, 2.75) is 13.0 Å². The molecule has 1 fully saturated rings. The van der Waals surface area contributed by atoms with Gasteiger partial charge in [-0.2, -0.15) is 5.10 Å². The number of hydrogen-bond acceptors (Lipinski definition) is 3. The van der Waals surface area contributed by atoms with Gasteiger partial charge in [0.25, 0.3) is 0 Å². The number of nitrogens with zero attached hydrogens (tertiary/aromatic N) is 3. The summed E-state index contributed by atoms with van der Waals surface area (Å²) >= 11 is 0. The maximum absolute atomic E-state index is 5.31. The molecule has 1 aliphatic rings. The SMILES string of the molecule is C[C@@H]1CN(C)CCO1.Cn1cccn1. The fraction of sp³-hybridized carbons (Fsp3) is 0.700. The van der Waals surface area contributed by atoms with Gasteiger partial charge in [-0.25, -0.2) is 0 Å². The van der Waals surface area contributed by atoms with Crippen molar-refractivity contribution in [3.05, 3.63) is 18.5 Å². The molecule has 0 aliphatic carbocycles. The van der Waals surface area contributed by atoms with Crippen LogP contribution in [0.15, 0.2) is 18.5 Å². The second-order valence-electron chi connectivity index (χ2n) is 3.62. The Hall–Kier alpha value is -0.870. The van der Waals surface area contributed by atoms with Crippen LogP contribution in [0.25, 0.3) is 0 Å². The Bertz CT molecular complexity index is 228.